The summed E-state index contributed by atoms with van der Waals surface area (Å²) in [4.78, 5) is 37.6. The van der Waals surface area contributed by atoms with Crippen molar-refractivity contribution >= 4 is 23.4 Å². The molecule has 26 heavy (non-hydrogen) atoms. The average Bonchev–Trinajstić information content (AvgIpc) is 2.56. The molecule has 0 aliphatic heterocycles. The van der Waals surface area contributed by atoms with Crippen molar-refractivity contribution in [3.05, 3.63) is 50.2 Å². The van der Waals surface area contributed by atoms with Crippen LogP contribution in [0.1, 0.15) is 57.6 Å². The number of thioether (sulfide) groups is 1. The number of hydrogen-bond acceptors (Lipinski definition) is 5. The van der Waals surface area contributed by atoms with Crippen molar-refractivity contribution in [3.63, 3.8) is 0 Å². The molecule has 1 unspecified atom stereocenters. The number of aromatic nitrogens is 3. The number of H-pyrrole nitrogens is 2. The normalized spacial score (nSPS) is 12.4. The maximum Gasteiger partial charge on any atom is 0.342 e. The van der Waals surface area contributed by atoms with Gasteiger partial charge < -0.3 is 5.32 Å². The van der Waals surface area contributed by atoms with Gasteiger partial charge in [-0.05, 0) is 29.9 Å². The summed E-state index contributed by atoms with van der Waals surface area (Å²) in [5.74, 6) is 0.295. The lowest BCUT2D eigenvalue weighted by Crippen LogP contribution is -2.28. The van der Waals surface area contributed by atoms with E-state index in [4.69, 9.17) is 0 Å². The lowest BCUT2D eigenvalue weighted by atomic mass is 9.92. The first-order chi connectivity index (χ1) is 12.2. The number of rotatable bonds is 6. The quantitative estimate of drug-likeness (QED) is 0.672. The van der Waals surface area contributed by atoms with Crippen molar-refractivity contribution < 1.29 is 4.79 Å². The second-order valence-electron chi connectivity index (χ2n) is 6.68. The number of amides is 1. The number of nitrogens with zero attached hydrogens (tertiary/aromatic N) is 1. The maximum atomic E-state index is 12.7. The van der Waals surface area contributed by atoms with E-state index >= 15 is 0 Å². The van der Waals surface area contributed by atoms with Crippen molar-refractivity contribution in [2.75, 3.05) is 5.32 Å². The van der Waals surface area contributed by atoms with Crippen molar-refractivity contribution in [3.8, 4) is 0 Å². The molecule has 0 bridgehead atoms. The molecule has 3 N–H and O–H groups in total. The first kappa shape index (κ1) is 20.0. The molecule has 0 saturated heterocycles. The molecule has 7 nitrogen and oxygen atoms in total. The number of aromatic amines is 2. The second kappa shape index (κ2) is 8.35. The fourth-order valence-electron chi connectivity index (χ4n) is 2.56. The van der Waals surface area contributed by atoms with Crippen LogP contribution in [0.3, 0.4) is 0 Å². The molecule has 2 rings (SSSR count). The molecular weight excluding hydrogens is 352 g/mol. The summed E-state index contributed by atoms with van der Waals surface area (Å²) >= 11 is 0.998. The number of anilines is 1. The highest BCUT2D eigenvalue weighted by Crippen LogP contribution is 2.33. The van der Waals surface area contributed by atoms with Crippen molar-refractivity contribution in [1.82, 2.24) is 15.2 Å². The number of nitrogens with one attached hydrogen (secondary N) is 3. The smallest absolute Gasteiger partial charge is 0.325 e. The van der Waals surface area contributed by atoms with E-state index in [0.717, 1.165) is 28.6 Å². The molecule has 1 atom stereocenters. The summed E-state index contributed by atoms with van der Waals surface area (Å²) in [5, 5.41) is 8.38. The van der Waals surface area contributed by atoms with Gasteiger partial charge in [-0.2, -0.15) is 5.10 Å². The average molecular weight is 376 g/mol. The van der Waals surface area contributed by atoms with E-state index in [9.17, 15) is 14.4 Å². The molecular formula is C18H24N4O3S. The van der Waals surface area contributed by atoms with Gasteiger partial charge in [-0.15, -0.1) is 0 Å². The molecule has 1 amide bonds. The van der Waals surface area contributed by atoms with Crippen LogP contribution >= 0.6 is 11.8 Å². The van der Waals surface area contributed by atoms with E-state index in [1.165, 1.54) is 0 Å². The van der Waals surface area contributed by atoms with Gasteiger partial charge in [0.2, 0.25) is 5.91 Å². The Hall–Kier alpha value is -2.35. The molecule has 1 heterocycles. The van der Waals surface area contributed by atoms with Gasteiger partial charge in [0.05, 0.1) is 5.25 Å². The molecule has 0 radical (unpaired) electrons. The Morgan fingerprint density at radius 2 is 1.65 bits per heavy atom. The first-order valence-corrected chi connectivity index (χ1v) is 9.38. The lowest BCUT2D eigenvalue weighted by Gasteiger charge is -2.21. The standard InChI is InChI=1S/C18H24N4O3S/c1-9(2)12-7-6-8-13(10(3)4)14(12)19-15(23)11(5)26-17-16(24)20-18(25)22-21-17/h6-11H,1-5H3,(H,19,23)(H2,20,22,24,25). The van der Waals surface area contributed by atoms with Crippen LogP contribution in [0.4, 0.5) is 5.69 Å². The Morgan fingerprint density at radius 3 is 2.15 bits per heavy atom. The summed E-state index contributed by atoms with van der Waals surface area (Å²) < 4.78 is 0. The number of carbonyl (C=O) groups excluding carboxylic acids is 1. The number of carbonyl (C=O) groups is 1. The minimum atomic E-state index is -0.677. The molecule has 140 valence electrons. The van der Waals surface area contributed by atoms with Gasteiger partial charge in [0, 0.05) is 5.69 Å². The van der Waals surface area contributed by atoms with Gasteiger partial charge in [-0.3, -0.25) is 14.6 Å². The Kier molecular flexibility index (Phi) is 6.42. The fraction of sp³-hybridized carbons (Fsp3) is 0.444. The summed E-state index contributed by atoms with van der Waals surface area (Å²) in [5.41, 5.74) is 1.69. The third-order valence-corrected chi connectivity index (χ3v) is 5.03. The summed E-state index contributed by atoms with van der Waals surface area (Å²) in [6.45, 7) is 10.0. The van der Waals surface area contributed by atoms with Gasteiger partial charge in [0.25, 0.3) is 5.56 Å². The van der Waals surface area contributed by atoms with E-state index in [1.807, 2.05) is 18.2 Å². The highest BCUT2D eigenvalue weighted by molar-refractivity contribution is 8.00. The van der Waals surface area contributed by atoms with Crippen LogP contribution in [0.5, 0.6) is 0 Å². The fourth-order valence-corrected chi connectivity index (χ4v) is 3.32. The topological polar surface area (TPSA) is 108 Å². The summed E-state index contributed by atoms with van der Waals surface area (Å²) in [7, 11) is 0. The maximum absolute atomic E-state index is 12.7. The summed E-state index contributed by atoms with van der Waals surface area (Å²) in [6, 6.07) is 6.03. The van der Waals surface area contributed by atoms with Gasteiger partial charge in [0.1, 0.15) is 0 Å². The first-order valence-electron chi connectivity index (χ1n) is 8.50. The molecule has 1 aromatic carbocycles. The van der Waals surface area contributed by atoms with Crippen LogP contribution in [-0.2, 0) is 4.79 Å². The van der Waals surface area contributed by atoms with Crippen LogP contribution in [0.25, 0.3) is 0 Å². The number of benzene rings is 1. The Bertz CT molecular complexity index is 876. The molecule has 0 fully saturated rings. The van der Waals surface area contributed by atoms with Gasteiger partial charge in [-0.25, -0.2) is 9.89 Å². The number of hydrogen-bond donors (Lipinski definition) is 3. The van der Waals surface area contributed by atoms with Crippen LogP contribution in [0.2, 0.25) is 0 Å². The molecule has 0 spiro atoms. The Morgan fingerprint density at radius 1 is 1.08 bits per heavy atom. The van der Waals surface area contributed by atoms with Crippen molar-refractivity contribution in [2.24, 2.45) is 0 Å². The highest BCUT2D eigenvalue weighted by atomic mass is 32.2. The predicted octanol–water partition coefficient (Wildman–Crippen LogP) is 2.82. The zero-order chi connectivity index (χ0) is 19.4. The molecule has 0 aliphatic rings. The third kappa shape index (κ3) is 4.63. The molecule has 0 saturated carbocycles. The van der Waals surface area contributed by atoms with Crippen LogP contribution in [-0.4, -0.2) is 26.3 Å². The van der Waals surface area contributed by atoms with Crippen LogP contribution < -0.4 is 16.6 Å². The zero-order valence-corrected chi connectivity index (χ0v) is 16.4. The Labute approximate surface area is 156 Å². The minimum absolute atomic E-state index is 0.0495. The largest absolute Gasteiger partial charge is 0.342 e. The molecule has 1 aromatic heterocycles. The highest BCUT2D eigenvalue weighted by Gasteiger charge is 2.21. The van der Waals surface area contributed by atoms with Crippen LogP contribution in [0.15, 0.2) is 32.8 Å². The van der Waals surface area contributed by atoms with Gasteiger partial charge in [-0.1, -0.05) is 57.7 Å². The zero-order valence-electron chi connectivity index (χ0n) is 15.5. The molecule has 2 aromatic rings. The Balaban J connectivity index is 2.26. The van der Waals surface area contributed by atoms with E-state index in [-0.39, 0.29) is 22.8 Å². The minimum Gasteiger partial charge on any atom is -0.325 e. The van der Waals surface area contributed by atoms with E-state index in [2.05, 4.69) is 48.2 Å². The predicted molar refractivity (Wildman–Crippen MR) is 104 cm³/mol. The second-order valence-corrected chi connectivity index (χ2v) is 8.01. The van der Waals surface area contributed by atoms with Crippen molar-refractivity contribution in [1.29, 1.82) is 0 Å². The lowest BCUT2D eigenvalue weighted by molar-refractivity contribution is -0.115. The monoisotopic (exact) mass is 376 g/mol. The van der Waals surface area contributed by atoms with Gasteiger partial charge >= 0.3 is 5.69 Å². The number of para-hydroxylation sites is 1. The van der Waals surface area contributed by atoms with Gasteiger partial charge in [0.15, 0.2) is 5.03 Å². The molecule has 8 heteroatoms. The van der Waals surface area contributed by atoms with E-state index < -0.39 is 16.5 Å². The third-order valence-electron chi connectivity index (χ3n) is 3.96. The SMILES string of the molecule is CC(Sc1n[nH]c(=O)[nH]c1=O)C(=O)Nc1c(C(C)C)cccc1C(C)C. The molecule has 0 aliphatic carbocycles. The van der Waals surface area contributed by atoms with Crippen molar-refractivity contribution in [2.45, 2.75) is 56.7 Å². The van der Waals surface area contributed by atoms with E-state index in [0.29, 0.717) is 0 Å². The van der Waals surface area contributed by atoms with E-state index in [1.54, 1.807) is 6.92 Å². The summed E-state index contributed by atoms with van der Waals surface area (Å²) in [6.07, 6.45) is 0. The van der Waals surface area contributed by atoms with Crippen LogP contribution in [0, 0.1) is 0 Å².